The molecule has 14 heteroatoms. The molecule has 5 aromatic rings. The van der Waals surface area contributed by atoms with Crippen molar-refractivity contribution in [3.8, 4) is 0 Å². The summed E-state index contributed by atoms with van der Waals surface area (Å²) >= 11 is 2.74. The first-order valence-corrected chi connectivity index (χ1v) is 10.5. The van der Waals surface area contributed by atoms with Crippen molar-refractivity contribution >= 4 is 77.6 Å². The number of nitrogens with zero attached hydrogens (tertiary/aromatic N) is 9. The van der Waals surface area contributed by atoms with Crippen LogP contribution in [0, 0.1) is 6.92 Å². The molecular weight excluding hydrogens is 436 g/mol. The van der Waals surface area contributed by atoms with Crippen molar-refractivity contribution in [1.82, 2.24) is 24.6 Å². The van der Waals surface area contributed by atoms with Crippen LogP contribution in [0.15, 0.2) is 50.2 Å². The van der Waals surface area contributed by atoms with E-state index < -0.39 is 0 Å². The number of hydrogen-bond donors (Lipinski definition) is 3. The van der Waals surface area contributed by atoms with Gasteiger partial charge in [0.15, 0.2) is 34.5 Å². The molecule has 0 radical (unpaired) electrons. The zero-order valence-electron chi connectivity index (χ0n) is 16.0. The highest BCUT2D eigenvalue weighted by molar-refractivity contribution is 7.21. The molecule has 31 heavy (non-hydrogen) atoms. The third-order valence-electron chi connectivity index (χ3n) is 4.23. The lowest BCUT2D eigenvalue weighted by Crippen LogP contribution is -2.04. The summed E-state index contributed by atoms with van der Waals surface area (Å²) in [7, 11) is 0. The third-order valence-corrected chi connectivity index (χ3v) is 5.78. The minimum Gasteiger partial charge on any atom is -0.382 e. The molecule has 4 aromatic heterocycles. The first kappa shape index (κ1) is 19.0. The van der Waals surface area contributed by atoms with Gasteiger partial charge in [-0.3, -0.25) is 0 Å². The molecule has 0 amide bonds. The molecule has 4 heterocycles. The second-order valence-electron chi connectivity index (χ2n) is 6.38. The molecule has 154 valence electrons. The van der Waals surface area contributed by atoms with Crippen molar-refractivity contribution in [3.05, 3.63) is 35.3 Å². The van der Waals surface area contributed by atoms with Gasteiger partial charge in [0.05, 0.1) is 10.2 Å². The van der Waals surface area contributed by atoms with E-state index in [9.17, 15) is 0 Å². The molecule has 12 nitrogen and oxygen atoms in total. The van der Waals surface area contributed by atoms with E-state index in [0.717, 1.165) is 15.8 Å². The smallest absolute Gasteiger partial charge is 0.231 e. The lowest BCUT2D eigenvalue weighted by atomic mass is 10.2. The fourth-order valence-corrected chi connectivity index (χ4v) is 4.13. The summed E-state index contributed by atoms with van der Waals surface area (Å²) in [6.07, 6.45) is 1.62. The van der Waals surface area contributed by atoms with E-state index in [1.165, 1.54) is 27.2 Å². The molecule has 0 bridgehead atoms. The minimum absolute atomic E-state index is 0.0529. The van der Waals surface area contributed by atoms with E-state index in [1.807, 2.05) is 25.1 Å². The summed E-state index contributed by atoms with van der Waals surface area (Å²) in [5, 5.41) is 23.4. The molecule has 0 aliphatic heterocycles. The van der Waals surface area contributed by atoms with Crippen molar-refractivity contribution in [2.45, 2.75) is 6.92 Å². The van der Waals surface area contributed by atoms with Crippen LogP contribution in [-0.4, -0.2) is 24.6 Å². The summed E-state index contributed by atoms with van der Waals surface area (Å²) in [6, 6.07) is 5.97. The van der Waals surface area contributed by atoms with Crippen LogP contribution < -0.4 is 17.2 Å². The molecule has 0 spiro atoms. The Morgan fingerprint density at radius 3 is 2.55 bits per heavy atom. The standard InChI is InChI=1S/C17H14N12S2/c1-7-2-3-8-9(6-7)31-17(22-8)27-25-11-13(19)28-29-14(20)10(12(18)23-15(11)29)24-26-16-21-4-5-30-16/h2-6H,20H2,1H3,(H2,18,23)(H2,19,28). The number of nitrogen functional groups attached to an aromatic ring is 3. The predicted molar refractivity (Wildman–Crippen MR) is 121 cm³/mol. The van der Waals surface area contributed by atoms with Crippen LogP contribution in [0.1, 0.15) is 5.56 Å². The Labute approximate surface area is 182 Å². The molecule has 5 rings (SSSR count). The molecular formula is C17H14N12S2. The Morgan fingerprint density at radius 1 is 0.935 bits per heavy atom. The molecule has 0 atom stereocenters. The van der Waals surface area contributed by atoms with Crippen LogP contribution in [0.25, 0.3) is 15.9 Å². The molecule has 0 saturated heterocycles. The van der Waals surface area contributed by atoms with E-state index in [-0.39, 0.29) is 34.5 Å². The topological polar surface area (TPSA) is 183 Å². The van der Waals surface area contributed by atoms with Crippen LogP contribution in [0.3, 0.4) is 0 Å². The summed E-state index contributed by atoms with van der Waals surface area (Å²) in [5.41, 5.74) is 20.9. The first-order valence-electron chi connectivity index (χ1n) is 8.83. The Bertz CT molecular complexity index is 1480. The van der Waals surface area contributed by atoms with Crippen molar-refractivity contribution in [2.75, 3.05) is 17.2 Å². The maximum atomic E-state index is 6.19. The summed E-state index contributed by atoms with van der Waals surface area (Å²) in [4.78, 5) is 12.8. The van der Waals surface area contributed by atoms with E-state index in [4.69, 9.17) is 17.2 Å². The largest absolute Gasteiger partial charge is 0.382 e. The number of nitrogens with two attached hydrogens (primary N) is 3. The van der Waals surface area contributed by atoms with E-state index in [1.54, 1.807) is 11.6 Å². The second kappa shape index (κ2) is 7.33. The number of hydrogen-bond acceptors (Lipinski definition) is 13. The lowest BCUT2D eigenvalue weighted by Gasteiger charge is -2.04. The number of anilines is 3. The molecule has 1 aromatic carbocycles. The quantitative estimate of drug-likeness (QED) is 0.332. The van der Waals surface area contributed by atoms with Gasteiger partial charge in [0.1, 0.15) is 0 Å². The van der Waals surface area contributed by atoms with Gasteiger partial charge >= 0.3 is 0 Å². The van der Waals surface area contributed by atoms with Gasteiger partial charge in [0, 0.05) is 11.6 Å². The van der Waals surface area contributed by atoms with Gasteiger partial charge in [0.2, 0.25) is 10.3 Å². The summed E-state index contributed by atoms with van der Waals surface area (Å²) in [5.74, 6) is 0.261. The number of aryl methyl sites for hydroxylation is 1. The maximum absolute atomic E-state index is 6.19. The van der Waals surface area contributed by atoms with Crippen LogP contribution in [-0.2, 0) is 0 Å². The Kier molecular flexibility index (Phi) is 4.48. The zero-order chi connectivity index (χ0) is 21.5. The van der Waals surface area contributed by atoms with Crippen LogP contribution in [0.4, 0.5) is 39.1 Å². The van der Waals surface area contributed by atoms with Gasteiger partial charge in [-0.1, -0.05) is 17.4 Å². The Hall–Kier alpha value is -4.04. The van der Waals surface area contributed by atoms with E-state index in [2.05, 4.69) is 40.5 Å². The normalized spacial score (nSPS) is 12.2. The minimum atomic E-state index is 0.0529. The van der Waals surface area contributed by atoms with Gasteiger partial charge < -0.3 is 17.2 Å². The molecule has 0 aliphatic carbocycles. The number of azo groups is 2. The highest BCUT2D eigenvalue weighted by Crippen LogP contribution is 2.37. The van der Waals surface area contributed by atoms with Gasteiger partial charge in [-0.05, 0) is 24.6 Å². The van der Waals surface area contributed by atoms with Gasteiger partial charge in [-0.15, -0.1) is 36.9 Å². The average Bonchev–Trinajstić information content (AvgIpc) is 3.45. The van der Waals surface area contributed by atoms with E-state index >= 15 is 0 Å². The maximum Gasteiger partial charge on any atom is 0.231 e. The lowest BCUT2D eigenvalue weighted by molar-refractivity contribution is 0.955. The second-order valence-corrected chi connectivity index (χ2v) is 8.26. The van der Waals surface area contributed by atoms with Gasteiger partial charge in [-0.25, -0.2) is 15.0 Å². The summed E-state index contributed by atoms with van der Waals surface area (Å²) < 4.78 is 2.32. The number of aromatic nitrogens is 5. The fourth-order valence-electron chi connectivity index (χ4n) is 2.80. The number of thiazole rings is 2. The number of rotatable bonds is 4. The third kappa shape index (κ3) is 3.43. The molecule has 0 unspecified atom stereocenters. The van der Waals surface area contributed by atoms with Gasteiger partial charge in [0.25, 0.3) is 0 Å². The fraction of sp³-hybridized carbons (Fsp3) is 0.0588. The zero-order valence-corrected chi connectivity index (χ0v) is 17.6. The van der Waals surface area contributed by atoms with E-state index in [0.29, 0.717) is 10.3 Å². The monoisotopic (exact) mass is 450 g/mol. The van der Waals surface area contributed by atoms with Crippen molar-refractivity contribution in [2.24, 2.45) is 20.5 Å². The molecule has 6 N–H and O–H groups in total. The highest BCUT2D eigenvalue weighted by Gasteiger charge is 2.19. The first-order chi connectivity index (χ1) is 15.0. The van der Waals surface area contributed by atoms with Crippen LogP contribution in [0.5, 0.6) is 0 Å². The SMILES string of the molecule is Cc1ccc2nc(N=Nc3c(N)nn4c(N)c(N=Nc5nccs5)c(N)nc34)sc2c1. The number of fused-ring (bicyclic) bond motifs is 2. The summed E-state index contributed by atoms with van der Waals surface area (Å²) in [6.45, 7) is 2.02. The van der Waals surface area contributed by atoms with Crippen molar-refractivity contribution < 1.29 is 0 Å². The van der Waals surface area contributed by atoms with Gasteiger partial charge in [-0.2, -0.15) is 4.52 Å². The highest BCUT2D eigenvalue weighted by atomic mass is 32.1. The predicted octanol–water partition coefficient (Wildman–Crippen LogP) is 4.68. The van der Waals surface area contributed by atoms with Crippen LogP contribution in [0.2, 0.25) is 0 Å². The van der Waals surface area contributed by atoms with Crippen LogP contribution >= 0.6 is 22.7 Å². The Morgan fingerprint density at radius 2 is 1.74 bits per heavy atom. The van der Waals surface area contributed by atoms with Crippen molar-refractivity contribution in [3.63, 3.8) is 0 Å². The molecule has 0 saturated carbocycles. The Balaban J connectivity index is 1.54. The van der Waals surface area contributed by atoms with Crippen molar-refractivity contribution in [1.29, 1.82) is 0 Å². The molecule has 0 fully saturated rings. The molecule has 0 aliphatic rings. The average molecular weight is 451 g/mol. The number of benzene rings is 1.